The fourth-order valence-electron chi connectivity index (χ4n) is 4.24. The van der Waals surface area contributed by atoms with Gasteiger partial charge in [-0.25, -0.2) is 19.4 Å². The third-order valence-corrected chi connectivity index (χ3v) is 7.96. The Morgan fingerprint density at radius 1 is 0.883 bits per heavy atom. The summed E-state index contributed by atoms with van der Waals surface area (Å²) in [6.07, 6.45) is 1.18. The van der Waals surface area contributed by atoms with E-state index in [0.717, 1.165) is 51.9 Å². The maximum Gasteiger partial charge on any atom is 1.00 e. The molecular formula is C39H61BClN3NaO15. The molecule has 7 N–H and O–H groups in total. The number of aliphatic hydroxyl groups is 3. The van der Waals surface area contributed by atoms with Gasteiger partial charge in [0.15, 0.2) is 0 Å². The average molecular weight is 881 g/mol. The van der Waals surface area contributed by atoms with Crippen molar-refractivity contribution in [3.8, 4) is 0 Å². The largest absolute Gasteiger partial charge is 1.00 e. The zero-order valence-electron chi connectivity index (χ0n) is 34.2. The fourth-order valence-corrected chi connectivity index (χ4v) is 4.41. The molecular weight excluding hydrogens is 820 g/mol. The summed E-state index contributed by atoms with van der Waals surface area (Å²) >= 11 is 5.27. The molecule has 0 amide bonds. The van der Waals surface area contributed by atoms with Crippen molar-refractivity contribution in [1.29, 1.82) is 0 Å². The topological polar surface area (TPSA) is 256 Å². The smallest absolute Gasteiger partial charge is 0.793 e. The van der Waals surface area contributed by atoms with Crippen LogP contribution in [0.3, 0.4) is 0 Å². The number of nitrogens with two attached hydrogens (primary N) is 1. The van der Waals surface area contributed by atoms with Crippen LogP contribution in [0.15, 0.2) is 60.7 Å². The number of rotatable bonds is 8. The van der Waals surface area contributed by atoms with Gasteiger partial charge in [0, 0.05) is 59.1 Å². The van der Waals surface area contributed by atoms with Crippen LogP contribution in [0.1, 0.15) is 44.1 Å². The van der Waals surface area contributed by atoms with Crippen molar-refractivity contribution in [1.82, 2.24) is 10.6 Å². The summed E-state index contributed by atoms with van der Waals surface area (Å²) in [6.45, 7) is 10.8. The van der Waals surface area contributed by atoms with Gasteiger partial charge in [-0.05, 0) is 5.56 Å². The molecule has 2 atom stereocenters. The molecule has 0 bridgehead atoms. The van der Waals surface area contributed by atoms with E-state index in [1.54, 1.807) is 12.1 Å². The number of halogens is 1. The molecule has 60 heavy (non-hydrogen) atoms. The van der Waals surface area contributed by atoms with E-state index in [-0.39, 0.29) is 55.3 Å². The molecule has 18 nitrogen and oxygen atoms in total. The van der Waals surface area contributed by atoms with Crippen molar-refractivity contribution in [2.75, 3.05) is 84.9 Å². The number of ether oxygens (including phenoxy) is 5. The third kappa shape index (κ3) is 28.9. The van der Waals surface area contributed by atoms with Gasteiger partial charge in [-0.2, -0.15) is 0 Å². The Labute approximate surface area is 381 Å². The van der Waals surface area contributed by atoms with Crippen LogP contribution in [-0.2, 0) is 59.0 Å². The summed E-state index contributed by atoms with van der Waals surface area (Å²) < 4.78 is 28.7. The first-order chi connectivity index (χ1) is 27.7. The molecule has 0 aromatic heterocycles. The molecule has 5 aliphatic rings. The van der Waals surface area contributed by atoms with Crippen molar-refractivity contribution in [2.45, 2.75) is 63.8 Å². The summed E-state index contributed by atoms with van der Waals surface area (Å²) in [5.74, 6) is -1.08. The van der Waals surface area contributed by atoms with Gasteiger partial charge in [-0.15, -0.1) is 11.6 Å². The van der Waals surface area contributed by atoms with Crippen LogP contribution in [0.2, 0.25) is 0 Å². The van der Waals surface area contributed by atoms with E-state index in [1.807, 2.05) is 36.4 Å². The van der Waals surface area contributed by atoms with Gasteiger partial charge in [0.1, 0.15) is 23.1 Å². The maximum atomic E-state index is 10.0. The van der Waals surface area contributed by atoms with Gasteiger partial charge >= 0.3 is 41.5 Å². The van der Waals surface area contributed by atoms with E-state index in [0.29, 0.717) is 64.7 Å². The SMILES string of the molecule is C.CC(=O)OOC(C)=O.ClCC1CO1.NCC1(O)COC1.O=Cc1ccccc1.OC1(CNCc2ccccc2)COC1.OCC1CNCC2(COC2)O1.[B-]OC(C)=O.[Na+]. The Morgan fingerprint density at radius 2 is 1.37 bits per heavy atom. The zero-order valence-corrected chi connectivity index (χ0v) is 36.9. The van der Waals surface area contributed by atoms with E-state index in [9.17, 15) is 24.3 Å². The number of aldehydes is 1. The molecule has 5 aliphatic heterocycles. The second-order valence-electron chi connectivity index (χ2n) is 13.4. The minimum Gasteiger partial charge on any atom is -0.793 e. The number of morpholine rings is 1. The molecule has 0 saturated carbocycles. The Morgan fingerprint density at radius 3 is 1.65 bits per heavy atom. The molecule has 2 aromatic rings. The summed E-state index contributed by atoms with van der Waals surface area (Å²) in [7, 11) is 4.32. The van der Waals surface area contributed by atoms with E-state index >= 15 is 0 Å². The molecule has 333 valence electrons. The van der Waals surface area contributed by atoms with Crippen molar-refractivity contribution >= 4 is 43.8 Å². The molecule has 0 aliphatic carbocycles. The van der Waals surface area contributed by atoms with Crippen LogP contribution < -0.4 is 45.9 Å². The van der Waals surface area contributed by atoms with Crippen LogP contribution in [0, 0.1) is 0 Å². The van der Waals surface area contributed by atoms with E-state index in [1.165, 1.54) is 12.5 Å². The number of carbonyl (C=O) groups excluding carboxylic acids is 4. The molecule has 5 fully saturated rings. The summed E-state index contributed by atoms with van der Waals surface area (Å²) in [5.41, 5.74) is 5.67. The Kier molecular flexibility index (Phi) is 33.7. The predicted molar refractivity (Wildman–Crippen MR) is 217 cm³/mol. The fraction of sp³-hybridized carbons (Fsp3) is 0.590. The zero-order chi connectivity index (χ0) is 43.3. The quantitative estimate of drug-likeness (QED) is 0.0397. The van der Waals surface area contributed by atoms with Gasteiger partial charge in [0.05, 0.1) is 70.9 Å². The maximum absolute atomic E-state index is 10.0. The van der Waals surface area contributed by atoms with Crippen LogP contribution >= 0.6 is 11.6 Å². The molecule has 5 saturated heterocycles. The van der Waals surface area contributed by atoms with Crippen molar-refractivity contribution in [3.63, 3.8) is 0 Å². The van der Waals surface area contributed by atoms with E-state index < -0.39 is 29.1 Å². The number of carbonyl (C=O) groups is 4. The number of hydrogen-bond donors (Lipinski definition) is 6. The first kappa shape index (κ1) is 59.5. The minimum atomic E-state index is -0.681. The number of aliphatic hydroxyl groups excluding tert-OH is 1. The summed E-state index contributed by atoms with van der Waals surface area (Å²) in [4.78, 5) is 46.8. The minimum absolute atomic E-state index is 0. The molecule has 3 radical (unpaired) electrons. The second-order valence-corrected chi connectivity index (χ2v) is 13.7. The van der Waals surface area contributed by atoms with Crippen molar-refractivity contribution in [2.24, 2.45) is 5.73 Å². The first-order valence-corrected chi connectivity index (χ1v) is 18.7. The number of alkyl halides is 1. The van der Waals surface area contributed by atoms with Crippen LogP contribution in [0.25, 0.3) is 0 Å². The van der Waals surface area contributed by atoms with Crippen LogP contribution in [-0.4, -0.2) is 161 Å². The molecule has 2 aromatic carbocycles. The number of benzene rings is 2. The molecule has 21 heteroatoms. The average Bonchev–Trinajstić information content (AvgIpc) is 4.05. The van der Waals surface area contributed by atoms with Gasteiger partial charge in [-0.3, -0.25) is 9.59 Å². The summed E-state index contributed by atoms with van der Waals surface area (Å²) in [6, 6.07) is 19.2. The molecule has 1 spiro atoms. The van der Waals surface area contributed by atoms with Gasteiger partial charge in [-0.1, -0.05) is 68.1 Å². The van der Waals surface area contributed by atoms with E-state index in [2.05, 4.69) is 45.2 Å². The predicted octanol–water partition coefficient (Wildman–Crippen LogP) is -2.60. The van der Waals surface area contributed by atoms with Crippen molar-refractivity contribution in [3.05, 3.63) is 71.8 Å². The second kappa shape index (κ2) is 34.0. The number of nitrogens with one attached hydrogen (secondary N) is 2. The molecule has 5 heterocycles. The van der Waals surface area contributed by atoms with Crippen LogP contribution in [0.5, 0.6) is 0 Å². The monoisotopic (exact) mass is 880 g/mol. The van der Waals surface area contributed by atoms with E-state index in [4.69, 9.17) is 51.2 Å². The molecule has 7 rings (SSSR count). The first-order valence-electron chi connectivity index (χ1n) is 18.2. The van der Waals surface area contributed by atoms with Gasteiger partial charge in [0.25, 0.3) is 0 Å². The number of hydrogen-bond acceptors (Lipinski definition) is 18. The normalized spacial score (nSPS) is 19.6. The van der Waals surface area contributed by atoms with Crippen molar-refractivity contribution < 1.29 is 102 Å². The Hall–Kier alpha value is -2.57. The Bertz CT molecular complexity index is 1410. The molecule has 2 unspecified atom stereocenters. The van der Waals surface area contributed by atoms with Gasteiger partial charge in [0.2, 0.25) is 5.97 Å². The van der Waals surface area contributed by atoms with Gasteiger partial charge < -0.3 is 68.1 Å². The Balaban J connectivity index is 0. The standard InChI is InChI=1S/C11H15NO2.C7H13NO3.C7H6O.C4H9NO2.C4H6O4.C3H5ClO.C2H3BO2.CH4.Na/c13-11(8-14-9-11)7-12-6-10-4-2-1-3-5-10;9-2-6-1-8-3-7(11-6)4-10-5-7;8-6-7-4-2-1-3-5-7;5-1-4(6)2-7-3-4;1-3(5)7-8-4(2)6;4-1-3-2-5-3;1-2(4)5-3;;/h1-5,12-13H,6-9H2;6,8-9H,1-5H2;1-6H;6H,1-3,5H2;1-2H3;3H,1-2H2;1H3;1H4;/q;;;;;;-1;;+1. The summed E-state index contributed by atoms with van der Waals surface area (Å²) in [5, 5.41) is 33.9. The number of epoxide rings is 1. The van der Waals surface area contributed by atoms with Crippen LogP contribution in [0.4, 0.5) is 0 Å². The third-order valence-electron chi connectivity index (χ3n) is 7.61.